The summed E-state index contributed by atoms with van der Waals surface area (Å²) in [4.78, 5) is 8.87. The fraction of sp³-hybridized carbons (Fsp3) is 0.286. The summed E-state index contributed by atoms with van der Waals surface area (Å²) >= 11 is 5.87. The highest BCUT2D eigenvalue weighted by Gasteiger charge is 2.05. The Labute approximate surface area is 118 Å². The third kappa shape index (κ3) is 3.66. The van der Waals surface area contributed by atoms with Crippen LogP contribution in [0.25, 0.3) is 11.4 Å². The van der Waals surface area contributed by atoms with Gasteiger partial charge in [0, 0.05) is 17.1 Å². The molecule has 0 unspecified atom stereocenters. The average Bonchev–Trinajstić information content (AvgIpc) is 2.42. The summed E-state index contributed by atoms with van der Waals surface area (Å²) in [5, 5.41) is 3.98. The minimum Gasteiger partial charge on any atom is -0.382 e. The van der Waals surface area contributed by atoms with Crippen LogP contribution < -0.4 is 11.1 Å². The number of aryl methyl sites for hydroxylation is 1. The van der Waals surface area contributed by atoms with E-state index in [0.717, 1.165) is 29.9 Å². The van der Waals surface area contributed by atoms with Gasteiger partial charge in [-0.2, -0.15) is 0 Å². The molecule has 0 amide bonds. The van der Waals surface area contributed by atoms with Crippen LogP contribution in [0.4, 0.5) is 5.69 Å². The lowest BCUT2D eigenvalue weighted by Crippen LogP contribution is -2.10. The molecule has 1 aromatic carbocycles. The Morgan fingerprint density at radius 2 is 2.00 bits per heavy atom. The molecule has 0 radical (unpaired) electrons. The van der Waals surface area contributed by atoms with Gasteiger partial charge in [0.15, 0.2) is 5.82 Å². The smallest absolute Gasteiger partial charge is 0.159 e. The molecular weight excluding hydrogens is 260 g/mol. The van der Waals surface area contributed by atoms with Crippen LogP contribution in [0.1, 0.15) is 12.1 Å². The van der Waals surface area contributed by atoms with E-state index in [4.69, 9.17) is 17.3 Å². The zero-order chi connectivity index (χ0) is 13.7. The third-order valence-corrected chi connectivity index (χ3v) is 3.03. The number of rotatable bonds is 5. The molecule has 1 heterocycles. The number of anilines is 1. The predicted molar refractivity (Wildman–Crippen MR) is 79.4 cm³/mol. The highest BCUT2D eigenvalue weighted by atomic mass is 35.5. The van der Waals surface area contributed by atoms with Gasteiger partial charge in [0.05, 0.1) is 17.6 Å². The van der Waals surface area contributed by atoms with Gasteiger partial charge in [-0.1, -0.05) is 11.6 Å². The Kier molecular flexibility index (Phi) is 4.71. The quantitative estimate of drug-likeness (QED) is 0.824. The molecule has 0 aliphatic heterocycles. The summed E-state index contributed by atoms with van der Waals surface area (Å²) < 4.78 is 0. The summed E-state index contributed by atoms with van der Waals surface area (Å²) in [6.45, 7) is 3.47. The molecule has 100 valence electrons. The van der Waals surface area contributed by atoms with Gasteiger partial charge in [-0.05, 0) is 44.2 Å². The lowest BCUT2D eigenvalue weighted by molar-refractivity contribution is 0.870. The molecule has 0 saturated carbocycles. The van der Waals surface area contributed by atoms with Crippen molar-refractivity contribution in [3.05, 3.63) is 41.2 Å². The Hall–Kier alpha value is -1.65. The predicted octanol–water partition coefficient (Wildman–Crippen LogP) is 2.87. The van der Waals surface area contributed by atoms with E-state index in [0.29, 0.717) is 17.4 Å². The average molecular weight is 277 g/mol. The van der Waals surface area contributed by atoms with Crippen LogP contribution in [0.3, 0.4) is 0 Å². The highest BCUT2D eigenvalue weighted by Crippen LogP contribution is 2.20. The molecule has 2 rings (SSSR count). The van der Waals surface area contributed by atoms with Gasteiger partial charge in [-0.3, -0.25) is 0 Å². The van der Waals surface area contributed by atoms with Crippen molar-refractivity contribution in [2.45, 2.75) is 13.3 Å². The van der Waals surface area contributed by atoms with E-state index in [-0.39, 0.29) is 0 Å². The van der Waals surface area contributed by atoms with Gasteiger partial charge < -0.3 is 11.1 Å². The van der Waals surface area contributed by atoms with Gasteiger partial charge in [-0.15, -0.1) is 0 Å². The van der Waals surface area contributed by atoms with E-state index >= 15 is 0 Å². The van der Waals surface area contributed by atoms with Crippen molar-refractivity contribution >= 4 is 17.3 Å². The highest BCUT2D eigenvalue weighted by molar-refractivity contribution is 6.30. The van der Waals surface area contributed by atoms with Crippen LogP contribution >= 0.6 is 11.6 Å². The van der Waals surface area contributed by atoms with Crippen LogP contribution in [0.15, 0.2) is 30.5 Å². The molecule has 0 aliphatic carbocycles. The normalized spacial score (nSPS) is 10.5. The topological polar surface area (TPSA) is 63.8 Å². The van der Waals surface area contributed by atoms with Crippen molar-refractivity contribution < 1.29 is 0 Å². The van der Waals surface area contributed by atoms with Crippen molar-refractivity contribution in [2.24, 2.45) is 5.73 Å². The van der Waals surface area contributed by atoms with Gasteiger partial charge in [0.2, 0.25) is 0 Å². The third-order valence-electron chi connectivity index (χ3n) is 2.78. The van der Waals surface area contributed by atoms with E-state index in [1.165, 1.54) is 0 Å². The van der Waals surface area contributed by atoms with Crippen LogP contribution in [0.2, 0.25) is 5.02 Å². The summed E-state index contributed by atoms with van der Waals surface area (Å²) in [5.41, 5.74) is 8.30. The van der Waals surface area contributed by atoms with Crippen LogP contribution in [0.5, 0.6) is 0 Å². The Balaban J connectivity index is 2.16. The summed E-state index contributed by atoms with van der Waals surface area (Å²) in [5.74, 6) is 0.707. The van der Waals surface area contributed by atoms with Crippen LogP contribution in [-0.4, -0.2) is 23.1 Å². The number of hydrogen-bond donors (Lipinski definition) is 2. The second kappa shape index (κ2) is 6.50. The summed E-state index contributed by atoms with van der Waals surface area (Å²) in [6.07, 6.45) is 2.74. The maximum Gasteiger partial charge on any atom is 0.159 e. The lowest BCUT2D eigenvalue weighted by atomic mass is 10.2. The second-order valence-electron chi connectivity index (χ2n) is 4.27. The maximum absolute atomic E-state index is 5.87. The fourth-order valence-electron chi connectivity index (χ4n) is 1.70. The van der Waals surface area contributed by atoms with Gasteiger partial charge in [-0.25, -0.2) is 9.97 Å². The number of nitrogens with zero attached hydrogens (tertiary/aromatic N) is 2. The first-order chi connectivity index (χ1) is 9.20. The largest absolute Gasteiger partial charge is 0.382 e. The molecule has 0 bridgehead atoms. The van der Waals surface area contributed by atoms with Crippen LogP contribution in [-0.2, 0) is 0 Å². The second-order valence-corrected chi connectivity index (χ2v) is 4.71. The minimum absolute atomic E-state index is 0.676. The van der Waals surface area contributed by atoms with Gasteiger partial charge in [0.25, 0.3) is 0 Å². The van der Waals surface area contributed by atoms with Crippen molar-refractivity contribution in [2.75, 3.05) is 18.4 Å². The molecular formula is C14H17ClN4. The molecule has 5 heteroatoms. The number of aromatic nitrogens is 2. The van der Waals surface area contributed by atoms with Crippen molar-refractivity contribution in [3.63, 3.8) is 0 Å². The first-order valence-corrected chi connectivity index (χ1v) is 6.62. The number of nitrogens with two attached hydrogens (primary N) is 1. The SMILES string of the molecule is Cc1nc(-c2ccc(Cl)cc2)ncc1NCCCN. The molecule has 19 heavy (non-hydrogen) atoms. The molecule has 0 atom stereocenters. The summed E-state index contributed by atoms with van der Waals surface area (Å²) in [6, 6.07) is 7.50. The fourth-order valence-corrected chi connectivity index (χ4v) is 1.83. The molecule has 4 nitrogen and oxygen atoms in total. The van der Waals surface area contributed by atoms with E-state index in [1.54, 1.807) is 0 Å². The van der Waals surface area contributed by atoms with E-state index in [9.17, 15) is 0 Å². The molecule has 1 aromatic heterocycles. The monoisotopic (exact) mass is 276 g/mol. The van der Waals surface area contributed by atoms with E-state index in [2.05, 4.69) is 15.3 Å². The number of hydrogen-bond acceptors (Lipinski definition) is 4. The van der Waals surface area contributed by atoms with E-state index < -0.39 is 0 Å². The van der Waals surface area contributed by atoms with Gasteiger partial charge >= 0.3 is 0 Å². The molecule has 0 fully saturated rings. The zero-order valence-electron chi connectivity index (χ0n) is 10.9. The Morgan fingerprint density at radius 3 is 2.63 bits per heavy atom. The summed E-state index contributed by atoms with van der Waals surface area (Å²) in [7, 11) is 0. The molecule has 3 N–H and O–H groups in total. The molecule has 2 aromatic rings. The Bertz CT molecular complexity index is 540. The van der Waals surface area contributed by atoms with Crippen LogP contribution in [0, 0.1) is 6.92 Å². The first-order valence-electron chi connectivity index (χ1n) is 6.24. The van der Waals surface area contributed by atoms with Crippen molar-refractivity contribution in [3.8, 4) is 11.4 Å². The lowest BCUT2D eigenvalue weighted by Gasteiger charge is -2.09. The Morgan fingerprint density at radius 1 is 1.26 bits per heavy atom. The number of nitrogens with one attached hydrogen (secondary N) is 1. The maximum atomic E-state index is 5.87. The zero-order valence-corrected chi connectivity index (χ0v) is 11.6. The standard InChI is InChI=1S/C14H17ClN4/c1-10-13(17-8-2-7-16)9-18-14(19-10)11-3-5-12(15)6-4-11/h3-6,9,17H,2,7-8,16H2,1H3. The number of benzene rings is 1. The number of halogens is 1. The molecule has 0 saturated heterocycles. The van der Waals surface area contributed by atoms with Gasteiger partial charge in [0.1, 0.15) is 0 Å². The van der Waals surface area contributed by atoms with Crippen molar-refractivity contribution in [1.29, 1.82) is 0 Å². The molecule has 0 aliphatic rings. The molecule has 0 spiro atoms. The van der Waals surface area contributed by atoms with Crippen molar-refractivity contribution in [1.82, 2.24) is 9.97 Å². The first kappa shape index (κ1) is 13.8. The van der Waals surface area contributed by atoms with E-state index in [1.807, 2.05) is 37.4 Å². The minimum atomic E-state index is 0.676.